The molecule has 1 aromatic carbocycles. The summed E-state index contributed by atoms with van der Waals surface area (Å²) >= 11 is 0. The molecule has 2 atom stereocenters. The molecule has 3 rings (SSSR count). The Bertz CT molecular complexity index is 589. The second kappa shape index (κ2) is 6.56. The fraction of sp³-hybridized carbons (Fsp3) is 0.562. The van der Waals surface area contributed by atoms with Gasteiger partial charge >= 0.3 is 0 Å². The first-order chi connectivity index (χ1) is 10.3. The van der Waals surface area contributed by atoms with Gasteiger partial charge in [-0.1, -0.05) is 18.2 Å². The molecule has 0 amide bonds. The number of fused-ring (bicyclic) bond motifs is 1. The topological polar surface area (TPSA) is 65.1 Å². The van der Waals surface area contributed by atoms with E-state index in [0.717, 1.165) is 31.6 Å². The third-order valence-electron chi connectivity index (χ3n) is 4.37. The van der Waals surface area contributed by atoms with Crippen molar-refractivity contribution in [2.24, 2.45) is 12.9 Å². The van der Waals surface area contributed by atoms with E-state index in [1.165, 1.54) is 23.7 Å². The Morgan fingerprint density at radius 3 is 3.10 bits per heavy atom. The Hall–Kier alpha value is -1.43. The van der Waals surface area contributed by atoms with E-state index in [9.17, 15) is 0 Å². The van der Waals surface area contributed by atoms with Gasteiger partial charge in [0.2, 0.25) is 0 Å². The molecular weight excluding hydrogens is 264 g/mol. The Morgan fingerprint density at radius 2 is 2.33 bits per heavy atom. The number of hydrogen-bond acceptors (Lipinski definition) is 4. The molecule has 1 fully saturated rings. The summed E-state index contributed by atoms with van der Waals surface area (Å²) in [6, 6.07) is 8.58. The van der Waals surface area contributed by atoms with E-state index in [2.05, 4.69) is 28.7 Å². The molecule has 1 aliphatic heterocycles. The molecule has 21 heavy (non-hydrogen) atoms. The molecule has 2 heterocycles. The minimum Gasteiger partial charge on any atom is -0.378 e. The van der Waals surface area contributed by atoms with Gasteiger partial charge in [0.05, 0.1) is 17.3 Å². The SMILES string of the molecule is Cn1nc(CC(CCC2CCCO2)NN)c2ccccc21. The van der Waals surface area contributed by atoms with Crippen LogP contribution in [0.4, 0.5) is 0 Å². The second-order valence-corrected chi connectivity index (χ2v) is 5.87. The molecule has 114 valence electrons. The van der Waals surface area contributed by atoms with E-state index >= 15 is 0 Å². The highest BCUT2D eigenvalue weighted by atomic mass is 16.5. The summed E-state index contributed by atoms with van der Waals surface area (Å²) in [6.07, 6.45) is 5.73. The normalized spacial score (nSPS) is 20.2. The number of nitrogens with two attached hydrogens (primary N) is 1. The molecule has 0 bridgehead atoms. The molecule has 1 saturated heterocycles. The van der Waals surface area contributed by atoms with Crippen LogP contribution in [0.1, 0.15) is 31.4 Å². The van der Waals surface area contributed by atoms with Crippen molar-refractivity contribution >= 4 is 10.9 Å². The van der Waals surface area contributed by atoms with Crippen LogP contribution in [0.2, 0.25) is 0 Å². The number of para-hydroxylation sites is 1. The first kappa shape index (κ1) is 14.5. The third-order valence-corrected chi connectivity index (χ3v) is 4.37. The maximum Gasteiger partial charge on any atom is 0.0719 e. The second-order valence-electron chi connectivity index (χ2n) is 5.87. The van der Waals surface area contributed by atoms with Crippen LogP contribution in [0.25, 0.3) is 10.9 Å². The largest absolute Gasteiger partial charge is 0.378 e. The lowest BCUT2D eigenvalue weighted by Gasteiger charge is -2.17. The van der Waals surface area contributed by atoms with Gasteiger partial charge in [0.25, 0.3) is 0 Å². The van der Waals surface area contributed by atoms with Gasteiger partial charge in [-0.25, -0.2) is 0 Å². The van der Waals surface area contributed by atoms with Crippen LogP contribution in [0.5, 0.6) is 0 Å². The van der Waals surface area contributed by atoms with Gasteiger partial charge in [0, 0.05) is 31.5 Å². The van der Waals surface area contributed by atoms with Crippen molar-refractivity contribution in [2.75, 3.05) is 6.61 Å². The zero-order valence-corrected chi connectivity index (χ0v) is 12.6. The number of nitrogens with zero attached hydrogens (tertiary/aromatic N) is 2. The molecule has 3 N–H and O–H groups in total. The smallest absolute Gasteiger partial charge is 0.0719 e. The monoisotopic (exact) mass is 288 g/mol. The Morgan fingerprint density at radius 1 is 1.48 bits per heavy atom. The molecule has 2 unspecified atom stereocenters. The molecule has 0 aliphatic carbocycles. The van der Waals surface area contributed by atoms with Crippen molar-refractivity contribution in [1.29, 1.82) is 0 Å². The number of aromatic nitrogens is 2. The van der Waals surface area contributed by atoms with Crippen LogP contribution in [-0.2, 0) is 18.2 Å². The number of nitrogens with one attached hydrogen (secondary N) is 1. The minimum absolute atomic E-state index is 0.243. The summed E-state index contributed by atoms with van der Waals surface area (Å²) in [5.41, 5.74) is 5.23. The lowest BCUT2D eigenvalue weighted by atomic mass is 10.0. The van der Waals surface area contributed by atoms with Gasteiger partial charge in [-0.05, 0) is 31.7 Å². The number of rotatable bonds is 6. The first-order valence-corrected chi connectivity index (χ1v) is 7.76. The molecule has 5 heteroatoms. The highest BCUT2D eigenvalue weighted by molar-refractivity contribution is 5.81. The van der Waals surface area contributed by atoms with E-state index < -0.39 is 0 Å². The van der Waals surface area contributed by atoms with Gasteiger partial charge in [-0.2, -0.15) is 5.10 Å². The number of ether oxygens (including phenoxy) is 1. The summed E-state index contributed by atoms with van der Waals surface area (Å²) in [7, 11) is 1.99. The molecule has 1 aromatic heterocycles. The molecule has 0 spiro atoms. The molecule has 0 saturated carbocycles. The summed E-state index contributed by atoms with van der Waals surface area (Å²) in [5.74, 6) is 5.73. The van der Waals surface area contributed by atoms with Crippen LogP contribution in [0.15, 0.2) is 24.3 Å². The highest BCUT2D eigenvalue weighted by Crippen LogP contribution is 2.21. The maximum atomic E-state index is 5.73. The summed E-state index contributed by atoms with van der Waals surface area (Å²) < 4.78 is 7.63. The van der Waals surface area contributed by atoms with E-state index in [4.69, 9.17) is 10.6 Å². The predicted molar refractivity (Wildman–Crippen MR) is 83.7 cm³/mol. The van der Waals surface area contributed by atoms with Gasteiger partial charge in [-0.15, -0.1) is 0 Å². The average molecular weight is 288 g/mol. The Kier molecular flexibility index (Phi) is 4.53. The van der Waals surface area contributed by atoms with Crippen molar-refractivity contribution in [1.82, 2.24) is 15.2 Å². The van der Waals surface area contributed by atoms with Gasteiger partial charge in [0.1, 0.15) is 0 Å². The third kappa shape index (κ3) is 3.26. The molecular formula is C16H24N4O. The fourth-order valence-electron chi connectivity index (χ4n) is 3.18. The molecule has 5 nitrogen and oxygen atoms in total. The van der Waals surface area contributed by atoms with E-state index in [-0.39, 0.29) is 6.04 Å². The van der Waals surface area contributed by atoms with Crippen molar-refractivity contribution in [2.45, 2.75) is 44.2 Å². The van der Waals surface area contributed by atoms with Crippen LogP contribution >= 0.6 is 0 Å². The van der Waals surface area contributed by atoms with Crippen molar-refractivity contribution in [3.63, 3.8) is 0 Å². The summed E-state index contributed by atoms with van der Waals surface area (Å²) in [4.78, 5) is 0. The number of aryl methyl sites for hydroxylation is 1. The average Bonchev–Trinajstić information content (AvgIpc) is 3.13. The first-order valence-electron chi connectivity index (χ1n) is 7.76. The van der Waals surface area contributed by atoms with Crippen LogP contribution in [-0.4, -0.2) is 28.5 Å². The van der Waals surface area contributed by atoms with E-state index in [1.807, 2.05) is 17.8 Å². The number of hydrazine groups is 1. The van der Waals surface area contributed by atoms with Crippen LogP contribution in [0.3, 0.4) is 0 Å². The zero-order valence-electron chi connectivity index (χ0n) is 12.6. The summed E-state index contributed by atoms with van der Waals surface area (Å²) in [5, 5.41) is 5.87. The minimum atomic E-state index is 0.243. The number of benzene rings is 1. The Balaban J connectivity index is 1.67. The van der Waals surface area contributed by atoms with Crippen molar-refractivity contribution < 1.29 is 4.74 Å². The van der Waals surface area contributed by atoms with Crippen LogP contribution < -0.4 is 11.3 Å². The Labute approximate surface area is 125 Å². The van der Waals surface area contributed by atoms with Crippen molar-refractivity contribution in [3.05, 3.63) is 30.0 Å². The lowest BCUT2D eigenvalue weighted by molar-refractivity contribution is 0.0995. The molecule has 2 aromatic rings. The number of hydrogen-bond donors (Lipinski definition) is 2. The van der Waals surface area contributed by atoms with Crippen molar-refractivity contribution in [3.8, 4) is 0 Å². The zero-order chi connectivity index (χ0) is 14.7. The van der Waals surface area contributed by atoms with Gasteiger partial charge in [0.15, 0.2) is 0 Å². The standard InChI is InChI=1S/C16H24N4O/c1-20-16-7-3-2-6-14(16)15(19-20)11-12(18-17)8-9-13-5-4-10-21-13/h2-3,6-7,12-13,18H,4-5,8-11,17H2,1H3. The van der Waals surface area contributed by atoms with E-state index in [1.54, 1.807) is 0 Å². The summed E-state index contributed by atoms with van der Waals surface area (Å²) in [6.45, 7) is 0.913. The quantitative estimate of drug-likeness (QED) is 0.629. The molecule has 1 aliphatic rings. The van der Waals surface area contributed by atoms with Crippen LogP contribution in [0, 0.1) is 0 Å². The van der Waals surface area contributed by atoms with Gasteiger partial charge < -0.3 is 4.74 Å². The molecule has 0 radical (unpaired) electrons. The van der Waals surface area contributed by atoms with Gasteiger partial charge in [-0.3, -0.25) is 16.0 Å². The van der Waals surface area contributed by atoms with E-state index in [0.29, 0.717) is 6.10 Å². The lowest BCUT2D eigenvalue weighted by Crippen LogP contribution is -2.37. The fourth-order valence-corrected chi connectivity index (χ4v) is 3.18. The maximum absolute atomic E-state index is 5.73. The predicted octanol–water partition coefficient (Wildman–Crippen LogP) is 1.91. The highest BCUT2D eigenvalue weighted by Gasteiger charge is 2.19.